The first-order valence-electron chi connectivity index (χ1n) is 8.81. The van der Waals surface area contributed by atoms with Crippen LogP contribution in [0.25, 0.3) is 0 Å². The molecule has 3 rings (SSSR count). The number of amides is 2. The Morgan fingerprint density at radius 1 is 1.17 bits per heavy atom. The lowest BCUT2D eigenvalue weighted by Crippen LogP contribution is -2.32. The summed E-state index contributed by atoms with van der Waals surface area (Å²) in [5.41, 5.74) is 6.61. The molecule has 156 valence electrons. The van der Waals surface area contributed by atoms with Crippen molar-refractivity contribution < 1.29 is 23.1 Å². The van der Waals surface area contributed by atoms with E-state index < -0.39 is 28.7 Å². The molecule has 0 aromatic heterocycles. The minimum atomic E-state index is -0.838. The number of anilines is 1. The number of imide groups is 1. The van der Waals surface area contributed by atoms with Crippen LogP contribution < -0.4 is 15.4 Å². The molecule has 2 aromatic rings. The summed E-state index contributed by atoms with van der Waals surface area (Å²) in [6, 6.07) is 9.87. The Morgan fingerprint density at radius 3 is 2.57 bits per heavy atom. The van der Waals surface area contributed by atoms with Crippen molar-refractivity contribution in [3.63, 3.8) is 0 Å². The number of nitrogens with zero attached hydrogens (tertiary/aromatic N) is 3. The third-order valence-electron chi connectivity index (χ3n) is 4.33. The number of hydrogen-bond donors (Lipinski definition) is 1. The summed E-state index contributed by atoms with van der Waals surface area (Å²) in [5, 5.41) is 6.91. The van der Waals surface area contributed by atoms with Gasteiger partial charge in [-0.15, -0.1) is 5.10 Å². The van der Waals surface area contributed by atoms with Crippen molar-refractivity contribution in [3.05, 3.63) is 59.7 Å². The zero-order valence-corrected chi connectivity index (χ0v) is 17.0. The first kappa shape index (κ1) is 21.4. The lowest BCUT2D eigenvalue weighted by molar-refractivity contribution is -0.121. The van der Waals surface area contributed by atoms with E-state index in [-0.39, 0.29) is 23.0 Å². The van der Waals surface area contributed by atoms with E-state index in [9.17, 15) is 18.4 Å². The average molecular weight is 432 g/mol. The van der Waals surface area contributed by atoms with E-state index in [1.807, 2.05) is 0 Å². The molecule has 1 heterocycles. The normalized spacial score (nSPS) is 17.6. The maximum atomic E-state index is 14.0. The quantitative estimate of drug-likeness (QED) is 0.339. The Hall–Kier alpha value is -3.27. The molecule has 2 N–H and O–H groups in total. The van der Waals surface area contributed by atoms with Crippen LogP contribution in [0.15, 0.2) is 52.7 Å². The molecule has 0 aliphatic carbocycles. The second-order valence-corrected chi connectivity index (χ2v) is 7.53. The van der Waals surface area contributed by atoms with Crippen LogP contribution in [0.1, 0.15) is 18.9 Å². The molecule has 2 aromatic carbocycles. The van der Waals surface area contributed by atoms with Crippen LogP contribution in [-0.4, -0.2) is 35.1 Å². The topological polar surface area (TPSA) is 97.3 Å². The van der Waals surface area contributed by atoms with Gasteiger partial charge in [0.1, 0.15) is 11.1 Å². The van der Waals surface area contributed by atoms with Gasteiger partial charge in [-0.05, 0) is 37.3 Å². The Bertz CT molecular complexity index is 1060. The van der Waals surface area contributed by atoms with Crippen molar-refractivity contribution in [2.45, 2.75) is 18.6 Å². The van der Waals surface area contributed by atoms with Crippen LogP contribution >= 0.6 is 11.8 Å². The summed E-state index contributed by atoms with van der Waals surface area (Å²) in [5.74, 6) is -2.21. The molecule has 0 spiro atoms. The average Bonchev–Trinajstić information content (AvgIpc) is 2.99. The first-order chi connectivity index (χ1) is 14.3. The van der Waals surface area contributed by atoms with E-state index in [2.05, 4.69) is 10.2 Å². The van der Waals surface area contributed by atoms with Gasteiger partial charge in [0.25, 0.3) is 0 Å². The number of hydrogen-bond acceptors (Lipinski definition) is 6. The monoisotopic (exact) mass is 432 g/mol. The lowest BCUT2D eigenvalue weighted by Gasteiger charge is -2.15. The number of carbonyl (C=O) groups excluding carboxylic acids is 2. The predicted molar refractivity (Wildman–Crippen MR) is 112 cm³/mol. The summed E-state index contributed by atoms with van der Waals surface area (Å²) in [4.78, 5) is 25.6. The fraction of sp³-hybridized carbons (Fsp3) is 0.200. The molecule has 1 saturated heterocycles. The number of thioether (sulfide) groups is 1. The zero-order valence-electron chi connectivity index (χ0n) is 16.1. The van der Waals surface area contributed by atoms with Crippen LogP contribution in [0.3, 0.4) is 0 Å². The fourth-order valence-electron chi connectivity index (χ4n) is 2.83. The van der Waals surface area contributed by atoms with Gasteiger partial charge >= 0.3 is 0 Å². The second-order valence-electron chi connectivity index (χ2n) is 6.30. The van der Waals surface area contributed by atoms with Crippen LogP contribution in [0.4, 0.5) is 14.5 Å². The van der Waals surface area contributed by atoms with Crippen molar-refractivity contribution in [1.82, 2.24) is 0 Å². The number of para-hydroxylation sites is 1. The highest BCUT2D eigenvalue weighted by Crippen LogP contribution is 2.31. The minimum Gasteiger partial charge on any atom is -0.494 e. The van der Waals surface area contributed by atoms with Crippen molar-refractivity contribution >= 4 is 40.1 Å². The smallest absolute Gasteiger partial charge is 0.247 e. The van der Waals surface area contributed by atoms with Gasteiger partial charge in [-0.1, -0.05) is 23.9 Å². The van der Waals surface area contributed by atoms with Gasteiger partial charge in [0.15, 0.2) is 16.7 Å². The summed E-state index contributed by atoms with van der Waals surface area (Å²) in [6.07, 6.45) is -0.138. The summed E-state index contributed by atoms with van der Waals surface area (Å²) < 4.78 is 32.7. The molecular weight excluding hydrogens is 414 g/mol. The van der Waals surface area contributed by atoms with Crippen molar-refractivity contribution in [2.24, 2.45) is 15.9 Å². The number of amidine groups is 1. The van der Waals surface area contributed by atoms with Gasteiger partial charge in [-0.2, -0.15) is 5.10 Å². The Balaban J connectivity index is 1.72. The van der Waals surface area contributed by atoms with Gasteiger partial charge in [0, 0.05) is 12.0 Å². The molecule has 1 aliphatic rings. The van der Waals surface area contributed by atoms with E-state index in [1.165, 1.54) is 43.5 Å². The molecular formula is C20H18F2N4O3S. The number of rotatable bonds is 5. The van der Waals surface area contributed by atoms with Crippen LogP contribution in [0.2, 0.25) is 0 Å². The van der Waals surface area contributed by atoms with Gasteiger partial charge in [-0.25, -0.2) is 13.7 Å². The molecule has 2 amide bonds. The Labute approximate surface area is 175 Å². The van der Waals surface area contributed by atoms with Gasteiger partial charge in [-0.3, -0.25) is 9.59 Å². The number of ether oxygens (including phenoxy) is 1. The molecule has 0 radical (unpaired) electrons. The maximum Gasteiger partial charge on any atom is 0.247 e. The lowest BCUT2D eigenvalue weighted by atomic mass is 10.1. The zero-order chi connectivity index (χ0) is 21.8. The van der Waals surface area contributed by atoms with Gasteiger partial charge < -0.3 is 10.5 Å². The molecule has 7 nitrogen and oxygen atoms in total. The third-order valence-corrected chi connectivity index (χ3v) is 5.31. The highest BCUT2D eigenvalue weighted by Gasteiger charge is 2.41. The van der Waals surface area contributed by atoms with Crippen molar-refractivity contribution in [1.29, 1.82) is 0 Å². The van der Waals surface area contributed by atoms with Gasteiger partial charge in [0.2, 0.25) is 11.8 Å². The largest absolute Gasteiger partial charge is 0.494 e. The summed E-state index contributed by atoms with van der Waals surface area (Å²) in [7, 11) is 1.36. The highest BCUT2D eigenvalue weighted by molar-refractivity contribution is 8.14. The van der Waals surface area contributed by atoms with Crippen LogP contribution in [-0.2, 0) is 9.59 Å². The molecule has 30 heavy (non-hydrogen) atoms. The SMILES string of the molecule is COc1ccc(/C(C)=N\N=C(N)SC2CC(=O)N(c3ccccc3F)C2=O)cc1F. The maximum absolute atomic E-state index is 14.0. The van der Waals surface area contributed by atoms with Crippen molar-refractivity contribution in [2.75, 3.05) is 12.0 Å². The van der Waals surface area contributed by atoms with E-state index in [4.69, 9.17) is 10.5 Å². The van der Waals surface area contributed by atoms with E-state index in [0.29, 0.717) is 11.3 Å². The summed E-state index contributed by atoms with van der Waals surface area (Å²) >= 11 is 0.862. The first-order valence-corrected chi connectivity index (χ1v) is 9.69. The highest BCUT2D eigenvalue weighted by atomic mass is 32.2. The van der Waals surface area contributed by atoms with E-state index in [1.54, 1.807) is 13.0 Å². The van der Waals surface area contributed by atoms with Crippen LogP contribution in [0, 0.1) is 11.6 Å². The minimum absolute atomic E-state index is 0.0510. The standard InChI is InChI=1S/C20H18F2N4O3S/c1-11(12-7-8-16(29-2)14(22)9-12)24-25-20(23)30-17-10-18(27)26(19(17)28)15-6-4-3-5-13(15)21/h3-9,17H,10H2,1-2H3,(H2,23,25)/b24-11-. The number of carbonyl (C=O) groups is 2. The van der Waals surface area contributed by atoms with E-state index in [0.717, 1.165) is 16.7 Å². The molecule has 1 fully saturated rings. The molecule has 0 saturated carbocycles. The molecule has 1 aliphatic heterocycles. The predicted octanol–water partition coefficient (Wildman–Crippen LogP) is 3.08. The number of methoxy groups -OCH3 is 1. The number of nitrogens with two attached hydrogens (primary N) is 1. The Morgan fingerprint density at radius 2 is 1.90 bits per heavy atom. The Kier molecular flexibility index (Phi) is 6.46. The third kappa shape index (κ3) is 4.48. The van der Waals surface area contributed by atoms with Crippen molar-refractivity contribution in [3.8, 4) is 5.75 Å². The number of benzene rings is 2. The molecule has 0 bridgehead atoms. The summed E-state index contributed by atoms with van der Waals surface area (Å²) in [6.45, 7) is 1.62. The number of halogens is 2. The fourth-order valence-corrected chi connectivity index (χ4v) is 3.64. The molecule has 10 heteroatoms. The van der Waals surface area contributed by atoms with Gasteiger partial charge in [0.05, 0.1) is 18.5 Å². The second kappa shape index (κ2) is 9.04. The van der Waals surface area contributed by atoms with Crippen LogP contribution in [0.5, 0.6) is 5.75 Å². The van der Waals surface area contributed by atoms with E-state index >= 15 is 0 Å². The molecule has 1 unspecified atom stereocenters. The molecule has 1 atom stereocenters.